The van der Waals surface area contributed by atoms with Gasteiger partial charge in [0, 0.05) is 17.6 Å². The molecule has 0 spiro atoms. The molecule has 1 rings (SSSR count). The summed E-state index contributed by atoms with van der Waals surface area (Å²) in [5, 5.41) is 3.45. The molecule has 1 N–H and O–H groups in total. The number of hydrogen-bond acceptors (Lipinski definition) is 4. The van der Waals surface area contributed by atoms with Gasteiger partial charge in [0.2, 0.25) is 0 Å². The fraction of sp³-hybridized carbons (Fsp3) is 0.750. The maximum atomic E-state index is 4.05. The monoisotopic (exact) mass is 241 g/mol. The van der Waals surface area contributed by atoms with Crippen molar-refractivity contribution < 1.29 is 0 Å². The molecular formula is C12H23N3S. The van der Waals surface area contributed by atoms with Gasteiger partial charge >= 0.3 is 0 Å². The Hall–Kier alpha value is -0.450. The maximum absolute atomic E-state index is 4.05. The van der Waals surface area contributed by atoms with E-state index in [1.54, 1.807) is 11.3 Å². The molecule has 0 atom stereocenters. The summed E-state index contributed by atoms with van der Waals surface area (Å²) < 4.78 is 0. The summed E-state index contributed by atoms with van der Waals surface area (Å²) in [6.07, 6.45) is 4.49. The van der Waals surface area contributed by atoms with Crippen molar-refractivity contribution in [1.82, 2.24) is 15.2 Å². The van der Waals surface area contributed by atoms with Gasteiger partial charge < -0.3 is 10.2 Å². The SMILES string of the molecule is CCN(CC)CCCCNCc1cncs1. The third-order valence-electron chi connectivity index (χ3n) is 2.76. The Kier molecular flexibility index (Phi) is 7.38. The van der Waals surface area contributed by atoms with Crippen molar-refractivity contribution in [2.75, 3.05) is 26.2 Å². The molecule has 0 aliphatic carbocycles. The van der Waals surface area contributed by atoms with Crippen LogP contribution in [-0.4, -0.2) is 36.1 Å². The van der Waals surface area contributed by atoms with Crippen molar-refractivity contribution in [3.05, 3.63) is 16.6 Å². The third kappa shape index (κ3) is 5.58. The molecule has 4 heteroatoms. The molecule has 0 unspecified atom stereocenters. The molecule has 1 heterocycles. The first-order valence-electron chi connectivity index (χ1n) is 6.17. The highest BCUT2D eigenvalue weighted by Crippen LogP contribution is 2.04. The van der Waals surface area contributed by atoms with E-state index < -0.39 is 0 Å². The van der Waals surface area contributed by atoms with Gasteiger partial charge in [-0.1, -0.05) is 13.8 Å². The molecule has 0 fully saturated rings. The minimum absolute atomic E-state index is 0.968. The number of nitrogens with one attached hydrogen (secondary N) is 1. The minimum Gasteiger partial charge on any atom is -0.312 e. The van der Waals surface area contributed by atoms with Crippen LogP contribution in [0.3, 0.4) is 0 Å². The largest absolute Gasteiger partial charge is 0.312 e. The molecule has 1 aromatic heterocycles. The van der Waals surface area contributed by atoms with Gasteiger partial charge in [0.1, 0.15) is 0 Å². The zero-order chi connectivity index (χ0) is 11.6. The van der Waals surface area contributed by atoms with E-state index >= 15 is 0 Å². The summed E-state index contributed by atoms with van der Waals surface area (Å²) in [5.74, 6) is 0. The lowest BCUT2D eigenvalue weighted by Crippen LogP contribution is -2.24. The number of thiazole rings is 1. The lowest BCUT2D eigenvalue weighted by Gasteiger charge is -2.17. The molecule has 16 heavy (non-hydrogen) atoms. The van der Waals surface area contributed by atoms with Gasteiger partial charge in [0.05, 0.1) is 5.51 Å². The van der Waals surface area contributed by atoms with Gasteiger partial charge in [-0.25, -0.2) is 0 Å². The van der Waals surface area contributed by atoms with Crippen molar-refractivity contribution in [3.63, 3.8) is 0 Å². The molecule has 3 nitrogen and oxygen atoms in total. The molecule has 1 aromatic rings. The average molecular weight is 241 g/mol. The van der Waals surface area contributed by atoms with E-state index in [-0.39, 0.29) is 0 Å². The highest BCUT2D eigenvalue weighted by atomic mass is 32.1. The van der Waals surface area contributed by atoms with Crippen LogP contribution in [0.15, 0.2) is 11.7 Å². The fourth-order valence-corrected chi connectivity index (χ4v) is 2.23. The van der Waals surface area contributed by atoms with E-state index in [2.05, 4.69) is 29.0 Å². The van der Waals surface area contributed by atoms with Crippen molar-refractivity contribution in [3.8, 4) is 0 Å². The molecule has 0 bridgehead atoms. The average Bonchev–Trinajstić information content (AvgIpc) is 2.81. The van der Waals surface area contributed by atoms with Crippen LogP contribution in [0.5, 0.6) is 0 Å². The van der Waals surface area contributed by atoms with Crippen LogP contribution in [0.1, 0.15) is 31.6 Å². The Morgan fingerprint density at radius 1 is 1.31 bits per heavy atom. The summed E-state index contributed by atoms with van der Waals surface area (Å²) in [7, 11) is 0. The number of unbranched alkanes of at least 4 members (excludes halogenated alkanes) is 1. The molecule has 0 saturated carbocycles. The Labute approximate surface area is 103 Å². The summed E-state index contributed by atoms with van der Waals surface area (Å²) in [6, 6.07) is 0. The van der Waals surface area contributed by atoms with Gasteiger partial charge in [-0.3, -0.25) is 4.98 Å². The highest BCUT2D eigenvalue weighted by Gasteiger charge is 1.98. The molecule has 92 valence electrons. The summed E-state index contributed by atoms with van der Waals surface area (Å²) in [4.78, 5) is 7.85. The van der Waals surface area contributed by atoms with Gasteiger partial charge in [0.15, 0.2) is 0 Å². The number of nitrogens with zero attached hydrogens (tertiary/aromatic N) is 2. The van der Waals surface area contributed by atoms with E-state index in [1.165, 1.54) is 37.4 Å². The van der Waals surface area contributed by atoms with E-state index in [0.29, 0.717) is 0 Å². The third-order valence-corrected chi connectivity index (χ3v) is 3.53. The molecule has 0 aliphatic rings. The first kappa shape index (κ1) is 13.6. The zero-order valence-electron chi connectivity index (χ0n) is 10.4. The molecule has 0 aromatic carbocycles. The standard InChI is InChI=1S/C12H23N3S/c1-3-15(4-2)8-6-5-7-13-9-12-10-14-11-16-12/h10-11,13H,3-9H2,1-2H3. The molecule has 0 amide bonds. The normalized spacial score (nSPS) is 11.2. The first-order chi connectivity index (χ1) is 7.86. The topological polar surface area (TPSA) is 28.2 Å². The lowest BCUT2D eigenvalue weighted by atomic mass is 10.3. The summed E-state index contributed by atoms with van der Waals surface area (Å²) in [5.41, 5.74) is 1.89. The van der Waals surface area contributed by atoms with E-state index in [1.807, 2.05) is 11.7 Å². The van der Waals surface area contributed by atoms with E-state index in [4.69, 9.17) is 0 Å². The van der Waals surface area contributed by atoms with Crippen LogP contribution in [0, 0.1) is 0 Å². The van der Waals surface area contributed by atoms with Crippen LogP contribution < -0.4 is 5.32 Å². The summed E-state index contributed by atoms with van der Waals surface area (Å²) in [6.45, 7) is 10.1. The fourth-order valence-electron chi connectivity index (χ4n) is 1.67. The summed E-state index contributed by atoms with van der Waals surface area (Å²) >= 11 is 1.72. The molecule has 0 saturated heterocycles. The van der Waals surface area contributed by atoms with Crippen LogP contribution in [0.4, 0.5) is 0 Å². The first-order valence-corrected chi connectivity index (χ1v) is 7.05. The van der Waals surface area contributed by atoms with Crippen molar-refractivity contribution in [2.45, 2.75) is 33.2 Å². The Morgan fingerprint density at radius 2 is 2.12 bits per heavy atom. The lowest BCUT2D eigenvalue weighted by molar-refractivity contribution is 0.296. The predicted molar refractivity (Wildman–Crippen MR) is 70.8 cm³/mol. The smallest absolute Gasteiger partial charge is 0.0794 e. The second kappa shape index (κ2) is 8.67. The van der Waals surface area contributed by atoms with Crippen LogP contribution in [-0.2, 0) is 6.54 Å². The number of aromatic nitrogens is 1. The predicted octanol–water partition coefficient (Wildman–Crippen LogP) is 2.35. The number of rotatable bonds is 9. The van der Waals surface area contributed by atoms with Crippen molar-refractivity contribution in [1.29, 1.82) is 0 Å². The van der Waals surface area contributed by atoms with Crippen LogP contribution in [0.25, 0.3) is 0 Å². The van der Waals surface area contributed by atoms with Crippen LogP contribution in [0.2, 0.25) is 0 Å². The van der Waals surface area contributed by atoms with Gasteiger partial charge in [0.25, 0.3) is 0 Å². The Morgan fingerprint density at radius 3 is 2.75 bits per heavy atom. The van der Waals surface area contributed by atoms with Gasteiger partial charge in [-0.05, 0) is 39.0 Å². The van der Waals surface area contributed by atoms with Gasteiger partial charge in [-0.15, -0.1) is 11.3 Å². The maximum Gasteiger partial charge on any atom is 0.0794 e. The Bertz CT molecular complexity index is 245. The number of hydrogen-bond donors (Lipinski definition) is 1. The van der Waals surface area contributed by atoms with Crippen molar-refractivity contribution >= 4 is 11.3 Å². The molecule has 0 aliphatic heterocycles. The highest BCUT2D eigenvalue weighted by molar-refractivity contribution is 7.09. The van der Waals surface area contributed by atoms with E-state index in [0.717, 1.165) is 13.1 Å². The Balaban J connectivity index is 1.92. The molecule has 0 radical (unpaired) electrons. The minimum atomic E-state index is 0.968. The van der Waals surface area contributed by atoms with Crippen molar-refractivity contribution in [2.24, 2.45) is 0 Å². The quantitative estimate of drug-likeness (QED) is 0.673. The van der Waals surface area contributed by atoms with Crippen LogP contribution >= 0.6 is 11.3 Å². The van der Waals surface area contributed by atoms with Gasteiger partial charge in [-0.2, -0.15) is 0 Å². The second-order valence-corrected chi connectivity index (χ2v) is 4.85. The van der Waals surface area contributed by atoms with E-state index in [9.17, 15) is 0 Å². The second-order valence-electron chi connectivity index (χ2n) is 3.88. The zero-order valence-corrected chi connectivity index (χ0v) is 11.2. The molecular weight excluding hydrogens is 218 g/mol.